The highest BCUT2D eigenvalue weighted by Crippen LogP contribution is 2.14. The van der Waals surface area contributed by atoms with E-state index in [4.69, 9.17) is 0 Å². The number of aryl methyl sites for hydroxylation is 1. The summed E-state index contributed by atoms with van der Waals surface area (Å²) in [4.78, 5) is 11.8. The smallest absolute Gasteiger partial charge is 0.160 e. The second kappa shape index (κ2) is 2.31. The van der Waals surface area contributed by atoms with Crippen molar-refractivity contribution in [1.29, 1.82) is 0 Å². The van der Waals surface area contributed by atoms with Crippen LogP contribution in [0.2, 0.25) is 0 Å². The van der Waals surface area contributed by atoms with Gasteiger partial charge in [-0.15, -0.1) is 11.3 Å². The molecule has 0 saturated heterocycles. The van der Waals surface area contributed by atoms with E-state index in [2.05, 4.69) is 0 Å². The Balaban J connectivity index is 3.08. The molecule has 9 heavy (non-hydrogen) atoms. The summed E-state index contributed by atoms with van der Waals surface area (Å²) in [5, 5.41) is 1.94. The molecule has 0 fully saturated rings. The zero-order valence-electron chi connectivity index (χ0n) is 5.47. The summed E-state index contributed by atoms with van der Waals surface area (Å²) >= 11 is 1.61. The van der Waals surface area contributed by atoms with Crippen molar-refractivity contribution in [2.24, 2.45) is 0 Å². The molecule has 1 aromatic heterocycles. The molecular formula is C7H8OS. The van der Waals surface area contributed by atoms with Crippen LogP contribution in [0.1, 0.15) is 22.2 Å². The van der Waals surface area contributed by atoms with Crippen molar-refractivity contribution in [3.63, 3.8) is 0 Å². The maximum atomic E-state index is 10.7. The number of hydrogen-bond acceptors (Lipinski definition) is 2. The first kappa shape index (κ1) is 6.49. The van der Waals surface area contributed by atoms with E-state index in [1.807, 2.05) is 18.4 Å². The van der Waals surface area contributed by atoms with Crippen molar-refractivity contribution in [3.8, 4) is 0 Å². The van der Waals surface area contributed by atoms with Gasteiger partial charge in [0.25, 0.3) is 0 Å². The third-order valence-corrected chi connectivity index (χ3v) is 2.08. The quantitative estimate of drug-likeness (QED) is 0.547. The summed E-state index contributed by atoms with van der Waals surface area (Å²) in [5.41, 5.74) is 0.861. The molecule has 1 nitrogen and oxygen atoms in total. The monoisotopic (exact) mass is 140 g/mol. The number of carbonyl (C=O) groups excluding carboxylic acids is 1. The van der Waals surface area contributed by atoms with Crippen LogP contribution in [0.25, 0.3) is 0 Å². The van der Waals surface area contributed by atoms with E-state index in [9.17, 15) is 4.79 Å². The lowest BCUT2D eigenvalue weighted by Gasteiger charge is -1.87. The Labute approximate surface area is 58.3 Å². The minimum absolute atomic E-state index is 0.161. The van der Waals surface area contributed by atoms with Gasteiger partial charge >= 0.3 is 0 Å². The molecule has 0 saturated carbocycles. The van der Waals surface area contributed by atoms with E-state index in [0.29, 0.717) is 0 Å². The van der Waals surface area contributed by atoms with Crippen molar-refractivity contribution in [2.75, 3.05) is 0 Å². The van der Waals surface area contributed by atoms with Crippen LogP contribution < -0.4 is 0 Å². The van der Waals surface area contributed by atoms with Gasteiger partial charge in [0.05, 0.1) is 0 Å². The second-order valence-electron chi connectivity index (χ2n) is 1.95. The zero-order valence-corrected chi connectivity index (χ0v) is 6.29. The Morgan fingerprint density at radius 1 is 1.67 bits per heavy atom. The normalized spacial score (nSPS) is 9.56. The maximum absolute atomic E-state index is 10.7. The molecule has 0 aliphatic rings. The first-order chi connectivity index (χ1) is 4.22. The van der Waals surface area contributed by atoms with Gasteiger partial charge in [-0.05, 0) is 25.3 Å². The highest BCUT2D eigenvalue weighted by atomic mass is 32.1. The topological polar surface area (TPSA) is 17.1 Å². The fraction of sp³-hybridized carbons (Fsp3) is 0.286. The van der Waals surface area contributed by atoms with E-state index < -0.39 is 0 Å². The first-order valence-electron chi connectivity index (χ1n) is 2.77. The fourth-order valence-electron chi connectivity index (χ4n) is 0.750. The van der Waals surface area contributed by atoms with Gasteiger partial charge in [-0.2, -0.15) is 0 Å². The highest BCUT2D eigenvalue weighted by molar-refractivity contribution is 7.10. The van der Waals surface area contributed by atoms with Gasteiger partial charge in [-0.1, -0.05) is 0 Å². The molecule has 1 rings (SSSR count). The Bertz CT molecular complexity index is 225. The predicted molar refractivity (Wildman–Crippen MR) is 39.1 cm³/mol. The summed E-state index contributed by atoms with van der Waals surface area (Å²) in [6.07, 6.45) is 0. The lowest BCUT2D eigenvalue weighted by Crippen LogP contribution is -1.89. The van der Waals surface area contributed by atoms with Crippen molar-refractivity contribution in [2.45, 2.75) is 13.8 Å². The average Bonchev–Trinajstić information content (AvgIpc) is 2.13. The molecule has 0 aromatic carbocycles. The van der Waals surface area contributed by atoms with Crippen molar-refractivity contribution >= 4 is 17.1 Å². The molecule has 0 aliphatic heterocycles. The molecule has 0 unspecified atom stereocenters. The van der Waals surface area contributed by atoms with Crippen LogP contribution in [-0.4, -0.2) is 5.78 Å². The van der Waals surface area contributed by atoms with Crippen molar-refractivity contribution in [3.05, 3.63) is 21.9 Å². The van der Waals surface area contributed by atoms with Gasteiger partial charge in [0.15, 0.2) is 5.78 Å². The first-order valence-corrected chi connectivity index (χ1v) is 3.65. The van der Waals surface area contributed by atoms with Gasteiger partial charge in [-0.3, -0.25) is 4.79 Å². The van der Waals surface area contributed by atoms with Gasteiger partial charge in [-0.25, -0.2) is 0 Å². The largest absolute Gasteiger partial charge is 0.294 e. The SMILES string of the molecule is CC(=O)c1ccsc1C. The number of rotatable bonds is 1. The Morgan fingerprint density at radius 2 is 2.33 bits per heavy atom. The summed E-state index contributed by atoms with van der Waals surface area (Å²) in [7, 11) is 0. The molecule has 0 radical (unpaired) electrons. The van der Waals surface area contributed by atoms with Gasteiger partial charge in [0.1, 0.15) is 0 Å². The van der Waals surface area contributed by atoms with Crippen molar-refractivity contribution < 1.29 is 4.79 Å². The molecule has 48 valence electrons. The summed E-state index contributed by atoms with van der Waals surface area (Å²) in [6, 6.07) is 1.86. The van der Waals surface area contributed by atoms with Crippen LogP contribution in [0.5, 0.6) is 0 Å². The predicted octanol–water partition coefficient (Wildman–Crippen LogP) is 2.26. The number of hydrogen-bond donors (Lipinski definition) is 0. The molecule has 1 aromatic rings. The summed E-state index contributed by atoms with van der Waals surface area (Å²) in [5.74, 6) is 0.161. The average molecular weight is 140 g/mol. The van der Waals surface area contributed by atoms with Crippen molar-refractivity contribution in [1.82, 2.24) is 0 Å². The molecule has 0 aliphatic carbocycles. The standard InChI is InChI=1S/C7H8OS/c1-5(8)7-3-4-9-6(7)2/h3-4H,1-2H3. The van der Waals surface area contributed by atoms with Gasteiger partial charge in [0.2, 0.25) is 0 Å². The van der Waals surface area contributed by atoms with Gasteiger partial charge in [0, 0.05) is 10.4 Å². The Hall–Kier alpha value is -0.630. The van der Waals surface area contributed by atoms with Crippen LogP contribution in [0.15, 0.2) is 11.4 Å². The van der Waals surface area contributed by atoms with E-state index in [1.54, 1.807) is 18.3 Å². The molecular weight excluding hydrogens is 132 g/mol. The second-order valence-corrected chi connectivity index (χ2v) is 3.07. The minimum Gasteiger partial charge on any atom is -0.294 e. The fourth-order valence-corrected chi connectivity index (χ4v) is 1.50. The molecule has 0 amide bonds. The molecule has 0 atom stereocenters. The zero-order chi connectivity index (χ0) is 6.85. The number of thiophene rings is 1. The van der Waals surface area contributed by atoms with E-state index in [1.165, 1.54) is 0 Å². The number of Topliss-reactive ketones (excluding diaryl/α,β-unsaturated/α-hetero) is 1. The number of ketones is 1. The maximum Gasteiger partial charge on any atom is 0.160 e. The summed E-state index contributed by atoms with van der Waals surface area (Å²) < 4.78 is 0. The van der Waals surface area contributed by atoms with Crippen LogP contribution in [-0.2, 0) is 0 Å². The van der Waals surface area contributed by atoms with E-state index >= 15 is 0 Å². The molecule has 0 spiro atoms. The lowest BCUT2D eigenvalue weighted by molar-refractivity contribution is 0.101. The van der Waals surface area contributed by atoms with Crippen LogP contribution in [0.3, 0.4) is 0 Å². The molecule has 0 bridgehead atoms. The Morgan fingerprint density at radius 3 is 2.56 bits per heavy atom. The number of carbonyl (C=O) groups is 1. The van der Waals surface area contributed by atoms with Gasteiger partial charge < -0.3 is 0 Å². The van der Waals surface area contributed by atoms with Crippen LogP contribution in [0, 0.1) is 6.92 Å². The molecule has 1 heterocycles. The third-order valence-electron chi connectivity index (χ3n) is 1.24. The van der Waals surface area contributed by atoms with Crippen LogP contribution >= 0.6 is 11.3 Å². The van der Waals surface area contributed by atoms with E-state index in [0.717, 1.165) is 10.4 Å². The molecule has 2 heteroatoms. The Kier molecular flexibility index (Phi) is 1.67. The van der Waals surface area contributed by atoms with Crippen LogP contribution in [0.4, 0.5) is 0 Å². The highest BCUT2D eigenvalue weighted by Gasteiger charge is 2.02. The van der Waals surface area contributed by atoms with E-state index in [-0.39, 0.29) is 5.78 Å². The lowest BCUT2D eigenvalue weighted by atomic mass is 10.2. The third kappa shape index (κ3) is 1.19. The molecule has 0 N–H and O–H groups in total. The minimum atomic E-state index is 0.161. The summed E-state index contributed by atoms with van der Waals surface area (Å²) in [6.45, 7) is 3.55.